The van der Waals surface area contributed by atoms with E-state index in [0.717, 1.165) is 44.5 Å². The second kappa shape index (κ2) is 19.1. The molecule has 2 fully saturated rings. The first-order valence-corrected chi connectivity index (χ1v) is 22.6. The molecular formula is C49H64N8O7. The van der Waals surface area contributed by atoms with Gasteiger partial charge < -0.3 is 33.7 Å². The summed E-state index contributed by atoms with van der Waals surface area (Å²) in [5, 5.41) is 5.53. The molecule has 2 N–H and O–H groups in total. The number of likely N-dealkylation sites (N-methyl/N-ethyl adjacent to an activating group) is 1. The quantitative estimate of drug-likeness (QED) is 0.155. The maximum absolute atomic E-state index is 14.6. The van der Waals surface area contributed by atoms with Crippen LogP contribution in [0.15, 0.2) is 67.6 Å². The topological polar surface area (TPSA) is 160 Å². The number of nitrogens with one attached hydrogen (secondary N) is 2. The summed E-state index contributed by atoms with van der Waals surface area (Å²) >= 11 is 0. The molecule has 2 saturated heterocycles. The molecule has 342 valence electrons. The molecule has 3 aliphatic heterocycles. The van der Waals surface area contributed by atoms with E-state index in [1.54, 1.807) is 25.3 Å². The molecule has 5 atom stereocenters. The molecule has 3 aliphatic rings. The van der Waals surface area contributed by atoms with Crippen LogP contribution in [0.5, 0.6) is 0 Å². The van der Waals surface area contributed by atoms with Gasteiger partial charge in [0.1, 0.15) is 18.1 Å². The Balaban J connectivity index is 1.27. The third kappa shape index (κ3) is 9.37. The number of aryl methyl sites for hydroxylation is 1. The number of hydrogen-bond acceptors (Lipinski definition) is 9. The van der Waals surface area contributed by atoms with Crippen LogP contribution >= 0.6 is 0 Å². The summed E-state index contributed by atoms with van der Waals surface area (Å²) in [6.45, 7) is 17.6. The fourth-order valence-corrected chi connectivity index (χ4v) is 9.69. The molecule has 0 spiro atoms. The van der Waals surface area contributed by atoms with E-state index >= 15 is 0 Å². The largest absolute Gasteiger partial charge is 0.464 e. The van der Waals surface area contributed by atoms with E-state index in [0.29, 0.717) is 45.3 Å². The minimum absolute atomic E-state index is 0.0844. The van der Waals surface area contributed by atoms with Crippen LogP contribution in [0.4, 0.5) is 0 Å². The number of hydrogen-bond donors (Lipinski definition) is 2. The highest BCUT2D eigenvalue weighted by atomic mass is 16.5. The first-order chi connectivity index (χ1) is 30.5. The highest BCUT2D eigenvalue weighted by Crippen LogP contribution is 2.42. The van der Waals surface area contributed by atoms with Crippen molar-refractivity contribution >= 4 is 40.5 Å². The number of esters is 1. The van der Waals surface area contributed by atoms with Gasteiger partial charge in [-0.15, -0.1) is 0 Å². The molecular weight excluding hydrogens is 813 g/mol. The van der Waals surface area contributed by atoms with E-state index in [1.165, 1.54) is 16.0 Å². The number of pyridine rings is 1. The molecule has 1 aromatic carbocycles. The lowest BCUT2D eigenvalue weighted by molar-refractivity contribution is -0.155. The van der Waals surface area contributed by atoms with Gasteiger partial charge in [-0.3, -0.25) is 34.0 Å². The van der Waals surface area contributed by atoms with Gasteiger partial charge in [0.15, 0.2) is 0 Å². The van der Waals surface area contributed by atoms with Crippen molar-refractivity contribution in [3.05, 3.63) is 78.9 Å². The molecule has 64 heavy (non-hydrogen) atoms. The van der Waals surface area contributed by atoms with E-state index in [1.807, 2.05) is 49.9 Å². The second-order valence-corrected chi connectivity index (χ2v) is 18.7. The predicted molar refractivity (Wildman–Crippen MR) is 244 cm³/mol. The second-order valence-electron chi connectivity index (χ2n) is 18.7. The molecule has 15 nitrogen and oxygen atoms in total. The van der Waals surface area contributed by atoms with Crippen molar-refractivity contribution in [1.29, 1.82) is 0 Å². The first kappa shape index (κ1) is 46.2. The van der Waals surface area contributed by atoms with Crippen LogP contribution in [-0.4, -0.2) is 117 Å². The number of carbonyl (C=O) groups is 5. The monoisotopic (exact) mass is 876 g/mol. The lowest BCUT2D eigenvalue weighted by Gasteiger charge is -2.37. The molecule has 7 rings (SSSR count). The standard InChI is InChI=1S/C49H64N8O7/c1-10-41(58)55-23-19-34(27-55)46(60)53(8)43(30(3)4)45(59)51-39-28-54-22-18-33(26-54)32-16-17-40-36(24-32)37(44(56(40)11-2)35-14-12-20-50-42(35)31(5)63-9)25-49(6,7)29-64-48(62)38-15-13-21-57(52-38)47(39)61/h10,12,14,16-18,20,22,24,26,30-31,34,38-39,43,52H,1,11,13,15,19,21,23,25,27-29H2,2-9H3,(H,51,59)/t31-,34-,38-,39-,43-/m0/s1. The van der Waals surface area contributed by atoms with Gasteiger partial charge in [-0.25, -0.2) is 5.43 Å². The molecule has 6 heterocycles. The molecule has 0 radical (unpaired) electrons. The van der Waals surface area contributed by atoms with Gasteiger partial charge in [0.25, 0.3) is 5.91 Å². The zero-order valence-electron chi connectivity index (χ0n) is 38.6. The maximum atomic E-state index is 14.6. The number of fused-ring (bicyclic) bond motifs is 6. The maximum Gasteiger partial charge on any atom is 0.324 e. The number of hydrazine groups is 1. The lowest BCUT2D eigenvalue weighted by Crippen LogP contribution is -2.62. The van der Waals surface area contributed by atoms with Crippen molar-refractivity contribution in [3.8, 4) is 22.4 Å². The number of cyclic esters (lactones) is 1. The molecule has 3 aromatic heterocycles. The number of carbonyl (C=O) groups excluding carboxylic acids is 5. The highest BCUT2D eigenvalue weighted by Gasteiger charge is 2.40. The van der Waals surface area contributed by atoms with E-state index < -0.39 is 47.2 Å². The van der Waals surface area contributed by atoms with Crippen molar-refractivity contribution in [2.75, 3.05) is 40.4 Å². The summed E-state index contributed by atoms with van der Waals surface area (Å²) in [6.07, 6.45) is 8.75. The van der Waals surface area contributed by atoms with Crippen LogP contribution in [0.2, 0.25) is 0 Å². The van der Waals surface area contributed by atoms with Crippen molar-refractivity contribution < 1.29 is 33.4 Å². The number of aromatic nitrogens is 3. The Kier molecular flexibility index (Phi) is 13.8. The first-order valence-electron chi connectivity index (χ1n) is 22.6. The van der Waals surface area contributed by atoms with Crippen molar-refractivity contribution in [2.24, 2.45) is 17.3 Å². The number of methoxy groups -OCH3 is 1. The SMILES string of the molecule is C=CC(=O)N1CC[C@H](C(=O)N(C)[C@H](C(=O)N[C@H]2Cn3ccc(c3)-c3ccc4c(c3)c(c(-c3cccnc3[C@H](C)OC)n4CC)CC(C)(C)COC(=O)[C@@H]3CCCN(N3)C2=O)C(C)C)C1. The van der Waals surface area contributed by atoms with Gasteiger partial charge >= 0.3 is 5.97 Å². The fourth-order valence-electron chi connectivity index (χ4n) is 9.69. The summed E-state index contributed by atoms with van der Waals surface area (Å²) in [6, 6.07) is 9.78. The zero-order chi connectivity index (χ0) is 46.0. The van der Waals surface area contributed by atoms with Gasteiger partial charge in [0.2, 0.25) is 17.7 Å². The average molecular weight is 877 g/mol. The summed E-state index contributed by atoms with van der Waals surface area (Å²) in [7, 11) is 3.29. The molecule has 0 saturated carbocycles. The van der Waals surface area contributed by atoms with Gasteiger partial charge in [0, 0.05) is 80.8 Å². The summed E-state index contributed by atoms with van der Waals surface area (Å²) in [5.74, 6) is -2.59. The highest BCUT2D eigenvalue weighted by molar-refractivity contribution is 5.96. The third-order valence-electron chi connectivity index (χ3n) is 13.1. The number of amides is 4. The number of rotatable bonds is 10. The third-order valence-corrected chi connectivity index (χ3v) is 13.1. The molecule has 4 amide bonds. The minimum Gasteiger partial charge on any atom is -0.464 e. The Hall–Kier alpha value is -5.80. The van der Waals surface area contributed by atoms with Gasteiger partial charge in [-0.05, 0) is 98.5 Å². The number of benzene rings is 1. The van der Waals surface area contributed by atoms with E-state index in [9.17, 15) is 24.0 Å². The van der Waals surface area contributed by atoms with E-state index in [4.69, 9.17) is 14.5 Å². The molecule has 15 heteroatoms. The lowest BCUT2D eigenvalue weighted by atomic mass is 9.84. The smallest absolute Gasteiger partial charge is 0.324 e. The Bertz CT molecular complexity index is 2420. The van der Waals surface area contributed by atoms with E-state index in [-0.39, 0.29) is 43.5 Å². The van der Waals surface area contributed by atoms with Crippen LogP contribution < -0.4 is 10.7 Å². The number of nitrogens with zero attached hydrogens (tertiary/aromatic N) is 6. The van der Waals surface area contributed by atoms with Gasteiger partial charge in [-0.2, -0.15) is 0 Å². The van der Waals surface area contributed by atoms with Gasteiger partial charge in [-0.1, -0.05) is 40.3 Å². The summed E-state index contributed by atoms with van der Waals surface area (Å²) < 4.78 is 16.1. The summed E-state index contributed by atoms with van der Waals surface area (Å²) in [4.78, 5) is 76.9. The Labute approximate surface area is 376 Å². The van der Waals surface area contributed by atoms with Crippen molar-refractivity contribution in [2.45, 2.75) is 105 Å². The molecule has 0 unspecified atom stereocenters. The van der Waals surface area contributed by atoms with Crippen LogP contribution in [0.3, 0.4) is 0 Å². The fraction of sp³-hybridized carbons (Fsp3) is 0.510. The van der Waals surface area contributed by atoms with Crippen LogP contribution in [0.1, 0.15) is 78.2 Å². The normalized spacial score (nSPS) is 21.3. The molecule has 4 aromatic rings. The minimum atomic E-state index is -1.07. The zero-order valence-corrected chi connectivity index (χ0v) is 38.6. The molecule has 6 bridgehead atoms. The van der Waals surface area contributed by atoms with E-state index in [2.05, 4.69) is 66.9 Å². The average Bonchev–Trinajstić information content (AvgIpc) is 4.05. The predicted octanol–water partition coefficient (Wildman–Crippen LogP) is 5.52. The van der Waals surface area contributed by atoms with Crippen LogP contribution in [0.25, 0.3) is 33.3 Å². The summed E-state index contributed by atoms with van der Waals surface area (Å²) in [5.41, 5.74) is 9.60. The van der Waals surface area contributed by atoms with Crippen molar-refractivity contribution in [1.82, 2.24) is 39.7 Å². The van der Waals surface area contributed by atoms with Gasteiger partial charge in [0.05, 0.1) is 36.6 Å². The molecule has 0 aliphatic carbocycles. The number of ether oxygens (including phenoxy) is 2. The number of likely N-dealkylation sites (tertiary alicyclic amines) is 1. The Morgan fingerprint density at radius 2 is 1.88 bits per heavy atom. The Morgan fingerprint density at radius 3 is 2.59 bits per heavy atom. The van der Waals surface area contributed by atoms with Crippen LogP contribution in [-0.2, 0) is 53.0 Å². The van der Waals surface area contributed by atoms with Crippen molar-refractivity contribution in [3.63, 3.8) is 0 Å². The Morgan fingerprint density at radius 1 is 1.09 bits per heavy atom. The van der Waals surface area contributed by atoms with Crippen LogP contribution in [0, 0.1) is 17.3 Å².